The van der Waals surface area contributed by atoms with E-state index in [2.05, 4.69) is 10.4 Å². The quantitative estimate of drug-likeness (QED) is 0.723. The Morgan fingerprint density at radius 3 is 2.48 bits per heavy atom. The second-order valence-corrected chi connectivity index (χ2v) is 5.92. The summed E-state index contributed by atoms with van der Waals surface area (Å²) in [6.45, 7) is 1.76. The van der Waals surface area contributed by atoms with Crippen molar-refractivity contribution in [2.75, 3.05) is 0 Å². The maximum atomic E-state index is 13.9. The second-order valence-electron chi connectivity index (χ2n) is 5.92. The third kappa shape index (κ3) is 3.84. The summed E-state index contributed by atoms with van der Waals surface area (Å²) >= 11 is 0. The van der Waals surface area contributed by atoms with E-state index in [-0.39, 0.29) is 17.9 Å². The normalized spacial score (nSPS) is 10.6. The Balaban J connectivity index is 1.79. The molecule has 0 aliphatic heterocycles. The molecule has 0 bridgehead atoms. The van der Waals surface area contributed by atoms with Crippen LogP contribution in [0.25, 0.3) is 5.69 Å². The van der Waals surface area contributed by atoms with Gasteiger partial charge >= 0.3 is 0 Å². The van der Waals surface area contributed by atoms with E-state index >= 15 is 0 Å². The molecule has 2 aromatic carbocycles. The number of nitrogens with zero attached hydrogens (tertiary/aromatic N) is 2. The van der Waals surface area contributed by atoms with Crippen molar-refractivity contribution in [2.45, 2.75) is 13.5 Å². The zero-order valence-electron chi connectivity index (χ0n) is 14.4. The lowest BCUT2D eigenvalue weighted by molar-refractivity contribution is 0.0944. The molecule has 0 atom stereocenters. The first-order chi connectivity index (χ1) is 12.9. The van der Waals surface area contributed by atoms with Gasteiger partial charge in [-0.25, -0.2) is 13.5 Å². The zero-order chi connectivity index (χ0) is 19.6. The summed E-state index contributed by atoms with van der Waals surface area (Å²) in [6.07, 6.45) is 1.38. The fraction of sp³-hybridized carbons (Fsp3) is 0.105. The molecule has 6 nitrogen and oxygen atoms in total. The molecule has 0 fully saturated rings. The van der Waals surface area contributed by atoms with Gasteiger partial charge in [-0.3, -0.25) is 9.59 Å². The Morgan fingerprint density at radius 1 is 1.15 bits per heavy atom. The summed E-state index contributed by atoms with van der Waals surface area (Å²) in [5, 5.41) is 6.67. The lowest BCUT2D eigenvalue weighted by Gasteiger charge is -2.06. The highest BCUT2D eigenvalue weighted by atomic mass is 19.1. The van der Waals surface area contributed by atoms with Crippen LogP contribution in [0.5, 0.6) is 0 Å². The topological polar surface area (TPSA) is 90.0 Å². The molecule has 0 radical (unpaired) electrons. The number of benzene rings is 2. The number of para-hydroxylation sites is 1. The average Bonchev–Trinajstić information content (AvgIpc) is 3.01. The Morgan fingerprint density at radius 2 is 1.81 bits per heavy atom. The number of hydrogen-bond donors (Lipinski definition) is 2. The molecule has 1 heterocycles. The summed E-state index contributed by atoms with van der Waals surface area (Å²) in [4.78, 5) is 23.6. The third-order valence-corrected chi connectivity index (χ3v) is 3.94. The highest BCUT2D eigenvalue weighted by molar-refractivity contribution is 5.94. The molecular formula is C19H16F2N4O2. The van der Waals surface area contributed by atoms with Gasteiger partial charge in [0.1, 0.15) is 5.69 Å². The summed E-state index contributed by atoms with van der Waals surface area (Å²) in [6, 6.07) is 10.0. The Labute approximate surface area is 153 Å². The van der Waals surface area contributed by atoms with Crippen LogP contribution in [0.3, 0.4) is 0 Å². The van der Waals surface area contributed by atoms with Gasteiger partial charge in [-0.05, 0) is 36.8 Å². The summed E-state index contributed by atoms with van der Waals surface area (Å²) in [5.74, 6) is -2.64. The standard InChI is InChI=1S/C19H16F2N4O2/c1-11-10-25(17-14(20)6-3-7-15(17)21)24-16(11)19(27)23-9-12-4-2-5-13(8-12)18(22)26/h2-8,10H,9H2,1H3,(H2,22,26)(H,23,27). The van der Waals surface area contributed by atoms with Gasteiger partial charge in [-0.15, -0.1) is 0 Å². The number of nitrogens with two attached hydrogens (primary N) is 1. The zero-order valence-corrected chi connectivity index (χ0v) is 14.4. The Bertz CT molecular complexity index is 1010. The SMILES string of the molecule is Cc1cn(-c2c(F)cccc2F)nc1C(=O)NCc1cccc(C(N)=O)c1. The van der Waals surface area contributed by atoms with Gasteiger partial charge in [0.15, 0.2) is 17.3 Å². The van der Waals surface area contributed by atoms with Crippen molar-refractivity contribution in [1.29, 1.82) is 0 Å². The summed E-state index contributed by atoms with van der Waals surface area (Å²) < 4.78 is 28.8. The summed E-state index contributed by atoms with van der Waals surface area (Å²) in [5.41, 5.74) is 6.39. The monoisotopic (exact) mass is 370 g/mol. The van der Waals surface area contributed by atoms with Gasteiger partial charge in [0.25, 0.3) is 5.91 Å². The van der Waals surface area contributed by atoms with E-state index < -0.39 is 23.4 Å². The number of rotatable bonds is 5. The predicted octanol–water partition coefficient (Wildman–Crippen LogP) is 2.49. The molecular weight excluding hydrogens is 354 g/mol. The van der Waals surface area contributed by atoms with Crippen molar-refractivity contribution in [2.24, 2.45) is 5.73 Å². The van der Waals surface area contributed by atoms with Gasteiger partial charge in [0.2, 0.25) is 5.91 Å². The van der Waals surface area contributed by atoms with Crippen LogP contribution in [-0.4, -0.2) is 21.6 Å². The maximum absolute atomic E-state index is 13.9. The number of nitrogens with one attached hydrogen (secondary N) is 1. The van der Waals surface area contributed by atoms with Crippen molar-refractivity contribution in [3.05, 3.63) is 82.7 Å². The number of carbonyl (C=O) groups excluding carboxylic acids is 2. The Kier molecular flexibility index (Phi) is 4.98. The van der Waals surface area contributed by atoms with Crippen LogP contribution < -0.4 is 11.1 Å². The molecule has 8 heteroatoms. The molecule has 0 saturated carbocycles. The van der Waals surface area contributed by atoms with Crippen molar-refractivity contribution in [3.8, 4) is 5.69 Å². The number of aryl methyl sites for hydroxylation is 1. The number of amides is 2. The highest BCUT2D eigenvalue weighted by Crippen LogP contribution is 2.18. The van der Waals surface area contributed by atoms with Gasteiger partial charge in [-0.2, -0.15) is 5.10 Å². The number of aromatic nitrogens is 2. The van der Waals surface area contributed by atoms with Crippen LogP contribution >= 0.6 is 0 Å². The van der Waals surface area contributed by atoms with Crippen LogP contribution in [0, 0.1) is 18.6 Å². The molecule has 138 valence electrons. The van der Waals surface area contributed by atoms with Crippen LogP contribution in [0.15, 0.2) is 48.7 Å². The molecule has 0 aliphatic carbocycles. The lowest BCUT2D eigenvalue weighted by atomic mass is 10.1. The molecule has 0 unspecified atom stereocenters. The van der Waals surface area contributed by atoms with Gasteiger partial charge in [0.05, 0.1) is 0 Å². The maximum Gasteiger partial charge on any atom is 0.272 e. The second kappa shape index (κ2) is 7.36. The van der Waals surface area contributed by atoms with E-state index in [0.717, 1.165) is 16.8 Å². The van der Waals surface area contributed by atoms with Gasteiger partial charge in [-0.1, -0.05) is 18.2 Å². The molecule has 1 aromatic heterocycles. The minimum absolute atomic E-state index is 0.0451. The smallest absolute Gasteiger partial charge is 0.272 e. The largest absolute Gasteiger partial charge is 0.366 e. The van der Waals surface area contributed by atoms with Crippen LogP contribution in [0.1, 0.15) is 32.0 Å². The number of carbonyl (C=O) groups is 2. The molecule has 3 N–H and O–H groups in total. The fourth-order valence-electron chi connectivity index (χ4n) is 2.61. The van der Waals surface area contributed by atoms with Crippen LogP contribution in [0.4, 0.5) is 8.78 Å². The molecule has 0 spiro atoms. The fourth-order valence-corrected chi connectivity index (χ4v) is 2.61. The van der Waals surface area contributed by atoms with Crippen molar-refractivity contribution < 1.29 is 18.4 Å². The minimum atomic E-state index is -0.785. The first kappa shape index (κ1) is 18.2. The lowest BCUT2D eigenvalue weighted by Crippen LogP contribution is -2.24. The van der Waals surface area contributed by atoms with E-state index in [1.165, 1.54) is 12.3 Å². The first-order valence-corrected chi connectivity index (χ1v) is 8.04. The predicted molar refractivity (Wildman–Crippen MR) is 94.3 cm³/mol. The molecule has 27 heavy (non-hydrogen) atoms. The van der Waals surface area contributed by atoms with Gasteiger partial charge < -0.3 is 11.1 Å². The molecule has 0 saturated heterocycles. The van der Waals surface area contributed by atoms with Crippen LogP contribution in [0.2, 0.25) is 0 Å². The molecule has 0 aliphatic rings. The Hall–Kier alpha value is -3.55. The van der Waals surface area contributed by atoms with Crippen molar-refractivity contribution in [3.63, 3.8) is 0 Å². The third-order valence-electron chi connectivity index (χ3n) is 3.94. The minimum Gasteiger partial charge on any atom is -0.366 e. The number of hydrogen-bond acceptors (Lipinski definition) is 3. The van der Waals surface area contributed by atoms with E-state index in [4.69, 9.17) is 5.73 Å². The first-order valence-electron chi connectivity index (χ1n) is 8.04. The van der Waals surface area contributed by atoms with E-state index in [1.54, 1.807) is 31.2 Å². The van der Waals surface area contributed by atoms with Crippen molar-refractivity contribution in [1.82, 2.24) is 15.1 Å². The number of primary amides is 1. The molecule has 2 amide bonds. The van der Waals surface area contributed by atoms with Crippen LogP contribution in [-0.2, 0) is 6.54 Å². The molecule has 3 rings (SSSR count). The van der Waals surface area contributed by atoms with Gasteiger partial charge in [0, 0.05) is 23.9 Å². The van der Waals surface area contributed by atoms with Crippen molar-refractivity contribution >= 4 is 11.8 Å². The highest BCUT2D eigenvalue weighted by Gasteiger charge is 2.18. The molecule has 3 aromatic rings. The van der Waals surface area contributed by atoms with E-state index in [9.17, 15) is 18.4 Å². The number of halogens is 2. The van der Waals surface area contributed by atoms with E-state index in [1.807, 2.05) is 0 Å². The summed E-state index contributed by atoms with van der Waals surface area (Å²) in [7, 11) is 0. The van der Waals surface area contributed by atoms with E-state index in [0.29, 0.717) is 16.7 Å². The average molecular weight is 370 g/mol.